The highest BCUT2D eigenvalue weighted by atomic mass is 16.6. The molecule has 0 fully saturated rings. The molecule has 0 radical (unpaired) electrons. The van der Waals surface area contributed by atoms with E-state index in [0.29, 0.717) is 12.2 Å². The molecule has 0 aliphatic heterocycles. The van der Waals surface area contributed by atoms with Crippen LogP contribution in [0.1, 0.15) is 19.4 Å². The number of amides is 1. The normalized spacial score (nSPS) is 11.7. The van der Waals surface area contributed by atoms with Crippen molar-refractivity contribution in [2.75, 3.05) is 11.9 Å². The Balaban J connectivity index is 2.84. The molecule has 0 aromatic heterocycles. The lowest BCUT2D eigenvalue weighted by atomic mass is 10.2. The quantitative estimate of drug-likeness (QED) is 0.617. The summed E-state index contributed by atoms with van der Waals surface area (Å²) in [5, 5.41) is 16.4. The molecule has 0 saturated carbocycles. The number of benzene rings is 1. The number of carbonyl (C=O) groups excluding carboxylic acids is 1. The maximum absolute atomic E-state index is 11.5. The third-order valence-electron chi connectivity index (χ3n) is 2.40. The maximum Gasteiger partial charge on any atom is 0.271 e. The van der Waals surface area contributed by atoms with Crippen molar-refractivity contribution in [1.29, 1.82) is 0 Å². The van der Waals surface area contributed by atoms with Gasteiger partial charge in [0.1, 0.15) is 6.04 Å². The fourth-order valence-corrected chi connectivity index (χ4v) is 1.59. The number of nitro groups is 1. The van der Waals surface area contributed by atoms with Crippen LogP contribution in [-0.4, -0.2) is 23.4 Å². The van der Waals surface area contributed by atoms with Crippen LogP contribution in [0.3, 0.4) is 0 Å². The second-order valence-electron chi connectivity index (χ2n) is 4.07. The average Bonchev–Trinajstić information content (AvgIpc) is 2.28. The monoisotopic (exact) mass is 251 g/mol. The van der Waals surface area contributed by atoms with E-state index in [4.69, 9.17) is 0 Å². The van der Waals surface area contributed by atoms with Gasteiger partial charge in [-0.15, -0.1) is 0 Å². The first-order valence-electron chi connectivity index (χ1n) is 5.74. The van der Waals surface area contributed by atoms with E-state index in [1.807, 2.05) is 6.92 Å². The molecular weight excluding hydrogens is 234 g/mol. The van der Waals surface area contributed by atoms with Crippen molar-refractivity contribution in [1.82, 2.24) is 5.32 Å². The molecule has 0 aliphatic carbocycles. The first kappa shape index (κ1) is 14.0. The van der Waals surface area contributed by atoms with Crippen molar-refractivity contribution in [3.05, 3.63) is 33.9 Å². The highest BCUT2D eigenvalue weighted by Crippen LogP contribution is 2.20. The summed E-state index contributed by atoms with van der Waals surface area (Å²) in [7, 11) is 0. The molecule has 2 N–H and O–H groups in total. The number of likely N-dealkylation sites (N-methyl/N-ethyl adjacent to an activating group) is 1. The fourth-order valence-electron chi connectivity index (χ4n) is 1.59. The zero-order valence-corrected chi connectivity index (χ0v) is 10.7. The molecule has 1 rings (SSSR count). The Hall–Kier alpha value is -2.11. The van der Waals surface area contributed by atoms with Crippen LogP contribution in [-0.2, 0) is 4.79 Å². The maximum atomic E-state index is 11.5. The second-order valence-corrected chi connectivity index (χ2v) is 4.07. The van der Waals surface area contributed by atoms with Gasteiger partial charge in [0.2, 0.25) is 5.91 Å². The number of hydrogen-bond acceptors (Lipinski definition) is 4. The highest BCUT2D eigenvalue weighted by molar-refractivity contribution is 5.84. The Morgan fingerprint density at radius 2 is 2.11 bits per heavy atom. The SMILES string of the molecule is CCNC(=O)C(C)Nc1cc(C)cc([N+](=O)[O-])c1. The summed E-state index contributed by atoms with van der Waals surface area (Å²) in [6, 6.07) is 4.24. The predicted molar refractivity (Wildman–Crippen MR) is 69.6 cm³/mol. The summed E-state index contributed by atoms with van der Waals surface area (Å²) in [6.45, 7) is 5.87. The van der Waals surface area contributed by atoms with Crippen LogP contribution in [0.15, 0.2) is 18.2 Å². The van der Waals surface area contributed by atoms with Crippen molar-refractivity contribution < 1.29 is 9.72 Å². The first-order chi connectivity index (χ1) is 8.43. The third-order valence-corrected chi connectivity index (χ3v) is 2.40. The van der Waals surface area contributed by atoms with Crippen LogP contribution in [0.4, 0.5) is 11.4 Å². The highest BCUT2D eigenvalue weighted by Gasteiger charge is 2.14. The van der Waals surface area contributed by atoms with E-state index < -0.39 is 11.0 Å². The molecule has 0 heterocycles. The largest absolute Gasteiger partial charge is 0.374 e. The van der Waals surface area contributed by atoms with Gasteiger partial charge in [-0.3, -0.25) is 14.9 Å². The van der Waals surface area contributed by atoms with E-state index in [2.05, 4.69) is 10.6 Å². The van der Waals surface area contributed by atoms with Gasteiger partial charge >= 0.3 is 0 Å². The number of nitro benzene ring substituents is 1. The summed E-state index contributed by atoms with van der Waals surface area (Å²) in [4.78, 5) is 21.8. The predicted octanol–water partition coefficient (Wildman–Crippen LogP) is 1.84. The van der Waals surface area contributed by atoms with Gasteiger partial charge in [-0.2, -0.15) is 0 Å². The molecule has 0 bridgehead atoms. The van der Waals surface area contributed by atoms with Crippen molar-refractivity contribution >= 4 is 17.3 Å². The van der Waals surface area contributed by atoms with Crippen molar-refractivity contribution in [2.24, 2.45) is 0 Å². The molecule has 0 saturated heterocycles. The number of carbonyl (C=O) groups is 1. The van der Waals surface area contributed by atoms with Gasteiger partial charge < -0.3 is 10.6 Å². The molecule has 1 unspecified atom stereocenters. The van der Waals surface area contributed by atoms with Crippen LogP contribution in [0, 0.1) is 17.0 Å². The zero-order chi connectivity index (χ0) is 13.7. The standard InChI is InChI=1S/C12H17N3O3/c1-4-13-12(16)9(3)14-10-5-8(2)6-11(7-10)15(17)18/h5-7,9,14H,4H2,1-3H3,(H,13,16). The second kappa shape index (κ2) is 6.00. The minimum absolute atomic E-state index is 0.0144. The minimum atomic E-state index is -0.449. The molecular formula is C12H17N3O3. The van der Waals surface area contributed by atoms with E-state index in [0.717, 1.165) is 5.56 Å². The number of nitrogens with one attached hydrogen (secondary N) is 2. The molecule has 18 heavy (non-hydrogen) atoms. The molecule has 1 atom stereocenters. The number of hydrogen-bond donors (Lipinski definition) is 2. The number of non-ortho nitro benzene ring substituents is 1. The minimum Gasteiger partial charge on any atom is -0.374 e. The summed E-state index contributed by atoms with van der Waals surface area (Å²) in [5.41, 5.74) is 1.36. The smallest absolute Gasteiger partial charge is 0.271 e. The summed E-state index contributed by atoms with van der Waals surface area (Å²) in [6.07, 6.45) is 0. The Labute approximate surface area is 106 Å². The third kappa shape index (κ3) is 3.73. The van der Waals surface area contributed by atoms with Crippen LogP contribution in [0.25, 0.3) is 0 Å². The van der Waals surface area contributed by atoms with Crippen LogP contribution >= 0.6 is 0 Å². The van der Waals surface area contributed by atoms with Crippen molar-refractivity contribution in [3.8, 4) is 0 Å². The van der Waals surface area contributed by atoms with E-state index in [-0.39, 0.29) is 11.6 Å². The Bertz CT molecular complexity index is 460. The van der Waals surface area contributed by atoms with E-state index in [9.17, 15) is 14.9 Å². The number of rotatable bonds is 5. The topological polar surface area (TPSA) is 84.3 Å². The van der Waals surface area contributed by atoms with Gasteiger partial charge in [-0.1, -0.05) is 0 Å². The van der Waals surface area contributed by atoms with E-state index >= 15 is 0 Å². The Morgan fingerprint density at radius 3 is 2.67 bits per heavy atom. The lowest BCUT2D eigenvalue weighted by Crippen LogP contribution is -2.37. The molecule has 6 heteroatoms. The Morgan fingerprint density at radius 1 is 1.44 bits per heavy atom. The van der Waals surface area contributed by atoms with Gasteiger partial charge in [0, 0.05) is 24.4 Å². The molecule has 0 spiro atoms. The zero-order valence-electron chi connectivity index (χ0n) is 10.7. The van der Waals surface area contributed by atoms with Gasteiger partial charge in [0.05, 0.1) is 4.92 Å². The Kier molecular flexibility index (Phi) is 4.65. The molecule has 0 aliphatic rings. The summed E-state index contributed by atoms with van der Waals surface area (Å²) >= 11 is 0. The van der Waals surface area contributed by atoms with Crippen molar-refractivity contribution in [2.45, 2.75) is 26.8 Å². The van der Waals surface area contributed by atoms with Crippen LogP contribution in [0.2, 0.25) is 0 Å². The summed E-state index contributed by atoms with van der Waals surface area (Å²) < 4.78 is 0. The molecule has 1 aromatic carbocycles. The molecule has 1 aromatic rings. The first-order valence-corrected chi connectivity index (χ1v) is 5.74. The molecule has 1 amide bonds. The number of anilines is 1. The lowest BCUT2D eigenvalue weighted by molar-refractivity contribution is -0.384. The summed E-state index contributed by atoms with van der Waals surface area (Å²) in [5.74, 6) is -0.137. The van der Waals surface area contributed by atoms with Crippen molar-refractivity contribution in [3.63, 3.8) is 0 Å². The fraction of sp³-hybridized carbons (Fsp3) is 0.417. The lowest BCUT2D eigenvalue weighted by Gasteiger charge is -2.14. The van der Waals surface area contributed by atoms with Gasteiger partial charge in [-0.05, 0) is 32.4 Å². The van der Waals surface area contributed by atoms with Crippen LogP contribution < -0.4 is 10.6 Å². The van der Waals surface area contributed by atoms with Gasteiger partial charge in [0.15, 0.2) is 0 Å². The number of aryl methyl sites for hydroxylation is 1. The number of nitrogens with zero attached hydrogens (tertiary/aromatic N) is 1. The van der Waals surface area contributed by atoms with Gasteiger partial charge in [0.25, 0.3) is 5.69 Å². The van der Waals surface area contributed by atoms with Crippen LogP contribution in [0.5, 0.6) is 0 Å². The molecule has 6 nitrogen and oxygen atoms in total. The van der Waals surface area contributed by atoms with E-state index in [1.54, 1.807) is 19.9 Å². The average molecular weight is 251 g/mol. The van der Waals surface area contributed by atoms with E-state index in [1.165, 1.54) is 12.1 Å². The molecule has 98 valence electrons. The van der Waals surface area contributed by atoms with Gasteiger partial charge in [-0.25, -0.2) is 0 Å².